The Morgan fingerprint density at radius 1 is 1.06 bits per heavy atom. The van der Waals surface area contributed by atoms with Crippen LogP contribution in [0.25, 0.3) is 0 Å². The Kier molecular flexibility index (Phi) is 4.42. The van der Waals surface area contributed by atoms with Gasteiger partial charge in [-0.05, 0) is 24.3 Å². The van der Waals surface area contributed by atoms with Gasteiger partial charge in [0.2, 0.25) is 0 Å². The van der Waals surface area contributed by atoms with Crippen molar-refractivity contribution in [2.24, 2.45) is 0 Å². The fourth-order valence-electron chi connectivity index (χ4n) is 1.23. The Morgan fingerprint density at radius 3 is 2.41 bits per heavy atom. The van der Waals surface area contributed by atoms with Gasteiger partial charge in [-0.2, -0.15) is 0 Å². The molecule has 1 aliphatic rings. The third-order valence-corrected chi connectivity index (χ3v) is 4.67. The summed E-state index contributed by atoms with van der Waals surface area (Å²) in [7, 11) is 3.09. The molecule has 0 aliphatic carbocycles. The van der Waals surface area contributed by atoms with Crippen molar-refractivity contribution >= 4 is 21.6 Å². The van der Waals surface area contributed by atoms with Gasteiger partial charge in [0.1, 0.15) is 6.61 Å². The van der Waals surface area contributed by atoms with Crippen LogP contribution in [0.1, 0.15) is 0 Å². The minimum atomic E-state index is 0.0712. The smallest absolute Gasteiger partial charge is 0.161 e. The molecular weight excluding hydrogens is 256 g/mol. The lowest BCUT2D eigenvalue weighted by Gasteiger charge is -2.13. The van der Waals surface area contributed by atoms with Crippen LogP contribution in [-0.4, -0.2) is 23.4 Å². The van der Waals surface area contributed by atoms with Crippen LogP contribution in [0.5, 0.6) is 11.5 Å². The van der Waals surface area contributed by atoms with E-state index in [2.05, 4.69) is 0 Å². The minimum Gasteiger partial charge on any atom is -0.504 e. The standard InChI is InChI=1S/C12H12O3S2/c13-7-9-5-6-10(17-16-9)8-15-12-4-2-1-3-11(12)14/h1-6,13-14H,7-8H2. The Bertz CT molecular complexity index is 455. The van der Waals surface area contributed by atoms with E-state index in [0.717, 1.165) is 9.81 Å². The number of aliphatic hydroxyl groups is 1. The van der Waals surface area contributed by atoms with E-state index >= 15 is 0 Å². The van der Waals surface area contributed by atoms with E-state index in [1.807, 2.05) is 18.2 Å². The number of hydrogen-bond acceptors (Lipinski definition) is 5. The number of aromatic hydroxyl groups is 1. The highest BCUT2D eigenvalue weighted by atomic mass is 33.1. The Morgan fingerprint density at radius 2 is 1.76 bits per heavy atom. The van der Waals surface area contributed by atoms with E-state index in [4.69, 9.17) is 9.84 Å². The fourth-order valence-corrected chi connectivity index (χ4v) is 3.13. The SMILES string of the molecule is OCC1=CC=C(COc2ccccc2O)SS1. The van der Waals surface area contributed by atoms with Crippen LogP contribution in [0.15, 0.2) is 46.2 Å². The van der Waals surface area contributed by atoms with Crippen molar-refractivity contribution in [3.8, 4) is 11.5 Å². The van der Waals surface area contributed by atoms with E-state index < -0.39 is 0 Å². The van der Waals surface area contributed by atoms with E-state index in [-0.39, 0.29) is 12.4 Å². The quantitative estimate of drug-likeness (QED) is 0.822. The van der Waals surface area contributed by atoms with Crippen molar-refractivity contribution in [1.82, 2.24) is 0 Å². The number of ether oxygens (including phenoxy) is 1. The summed E-state index contributed by atoms with van der Waals surface area (Å²) >= 11 is 0. The number of rotatable bonds is 4. The first-order valence-corrected chi connectivity index (χ1v) is 7.20. The van der Waals surface area contributed by atoms with Crippen LogP contribution in [0, 0.1) is 0 Å². The molecule has 90 valence electrons. The number of benzene rings is 1. The van der Waals surface area contributed by atoms with Gasteiger partial charge < -0.3 is 14.9 Å². The van der Waals surface area contributed by atoms with E-state index in [1.165, 1.54) is 10.8 Å². The summed E-state index contributed by atoms with van der Waals surface area (Å²) in [5.74, 6) is 0.629. The molecule has 0 spiro atoms. The van der Waals surface area contributed by atoms with Gasteiger partial charge in [0.05, 0.1) is 6.61 Å². The van der Waals surface area contributed by atoms with Crippen molar-refractivity contribution in [3.05, 3.63) is 46.2 Å². The Labute approximate surface area is 108 Å². The van der Waals surface area contributed by atoms with Crippen LogP contribution >= 0.6 is 21.6 Å². The number of phenols is 1. The summed E-state index contributed by atoms with van der Waals surface area (Å²) in [6.07, 6.45) is 3.80. The topological polar surface area (TPSA) is 49.7 Å². The molecule has 0 radical (unpaired) electrons. The van der Waals surface area contributed by atoms with Gasteiger partial charge in [-0.3, -0.25) is 0 Å². The zero-order valence-corrected chi connectivity index (χ0v) is 10.6. The molecular formula is C12H12O3S2. The van der Waals surface area contributed by atoms with Gasteiger partial charge in [-0.25, -0.2) is 0 Å². The number of hydrogen-bond donors (Lipinski definition) is 2. The molecule has 1 aliphatic heterocycles. The first kappa shape index (κ1) is 12.4. The summed E-state index contributed by atoms with van der Waals surface area (Å²) in [5.41, 5.74) is 0. The van der Waals surface area contributed by atoms with Crippen molar-refractivity contribution < 1.29 is 14.9 Å². The van der Waals surface area contributed by atoms with Gasteiger partial charge >= 0.3 is 0 Å². The third-order valence-electron chi connectivity index (χ3n) is 2.10. The maximum atomic E-state index is 9.52. The monoisotopic (exact) mass is 268 g/mol. The second-order valence-corrected chi connectivity index (χ2v) is 5.73. The van der Waals surface area contributed by atoms with E-state index in [9.17, 15) is 5.11 Å². The third kappa shape index (κ3) is 3.46. The molecule has 0 amide bonds. The number of allylic oxidation sites excluding steroid dienone is 2. The lowest BCUT2D eigenvalue weighted by atomic mass is 10.3. The molecule has 2 rings (SSSR count). The Hall–Kier alpha value is -1.04. The normalized spacial score (nSPS) is 15.1. The van der Waals surface area contributed by atoms with Gasteiger partial charge in [0.25, 0.3) is 0 Å². The molecule has 2 N–H and O–H groups in total. The molecule has 17 heavy (non-hydrogen) atoms. The Balaban J connectivity index is 1.94. The van der Waals surface area contributed by atoms with Gasteiger partial charge in [-0.15, -0.1) is 0 Å². The van der Waals surface area contributed by atoms with Gasteiger partial charge in [-0.1, -0.05) is 33.7 Å². The summed E-state index contributed by atoms with van der Waals surface area (Å²) in [4.78, 5) is 1.98. The highest BCUT2D eigenvalue weighted by molar-refractivity contribution is 8.79. The van der Waals surface area contributed by atoms with Gasteiger partial charge in [0.15, 0.2) is 11.5 Å². The average Bonchev–Trinajstić information content (AvgIpc) is 2.38. The summed E-state index contributed by atoms with van der Waals surface area (Å²) in [6.45, 7) is 0.492. The lowest BCUT2D eigenvalue weighted by Crippen LogP contribution is -2.00. The molecule has 0 bridgehead atoms. The van der Waals surface area contributed by atoms with Crippen LogP contribution < -0.4 is 4.74 Å². The molecule has 0 unspecified atom stereocenters. The first-order valence-electron chi connectivity index (χ1n) is 5.05. The molecule has 1 aromatic carbocycles. The summed E-state index contributed by atoms with van der Waals surface area (Å²) in [6, 6.07) is 6.89. The van der Waals surface area contributed by atoms with Crippen LogP contribution in [0.2, 0.25) is 0 Å². The largest absolute Gasteiger partial charge is 0.504 e. The summed E-state index contributed by atoms with van der Waals surface area (Å²) < 4.78 is 5.50. The maximum Gasteiger partial charge on any atom is 0.161 e. The molecule has 5 heteroatoms. The molecule has 0 fully saturated rings. The number of para-hydroxylation sites is 2. The van der Waals surface area contributed by atoms with E-state index in [0.29, 0.717) is 12.4 Å². The number of phenolic OH excluding ortho intramolecular Hbond substituents is 1. The number of aliphatic hydroxyl groups excluding tert-OH is 1. The van der Waals surface area contributed by atoms with Gasteiger partial charge in [0, 0.05) is 9.81 Å². The summed E-state index contributed by atoms with van der Waals surface area (Å²) in [5, 5.41) is 18.4. The minimum absolute atomic E-state index is 0.0712. The van der Waals surface area contributed by atoms with Crippen molar-refractivity contribution in [2.75, 3.05) is 13.2 Å². The van der Waals surface area contributed by atoms with E-state index in [1.54, 1.807) is 29.0 Å². The second-order valence-electron chi connectivity index (χ2n) is 3.35. The van der Waals surface area contributed by atoms with Crippen molar-refractivity contribution in [3.63, 3.8) is 0 Å². The zero-order valence-electron chi connectivity index (χ0n) is 9.00. The zero-order chi connectivity index (χ0) is 12.1. The van der Waals surface area contributed by atoms with Crippen molar-refractivity contribution in [2.45, 2.75) is 0 Å². The molecule has 0 saturated carbocycles. The maximum absolute atomic E-state index is 9.52. The molecule has 0 saturated heterocycles. The molecule has 0 aromatic heterocycles. The lowest BCUT2D eigenvalue weighted by molar-refractivity contribution is 0.333. The van der Waals surface area contributed by atoms with Crippen LogP contribution in [-0.2, 0) is 0 Å². The molecule has 1 heterocycles. The molecule has 3 nitrogen and oxygen atoms in total. The molecule has 1 aromatic rings. The highest BCUT2D eigenvalue weighted by Gasteiger charge is 2.09. The van der Waals surface area contributed by atoms with Crippen molar-refractivity contribution in [1.29, 1.82) is 0 Å². The highest BCUT2D eigenvalue weighted by Crippen LogP contribution is 2.40. The average molecular weight is 268 g/mol. The first-order chi connectivity index (χ1) is 8.29. The van der Waals surface area contributed by atoms with Crippen LogP contribution in [0.3, 0.4) is 0 Å². The predicted octanol–water partition coefficient (Wildman–Crippen LogP) is 2.93. The second kappa shape index (κ2) is 6.05. The van der Waals surface area contributed by atoms with Crippen LogP contribution in [0.4, 0.5) is 0 Å². The molecule has 0 atom stereocenters. The fraction of sp³-hybridized carbons (Fsp3) is 0.167. The predicted molar refractivity (Wildman–Crippen MR) is 72.0 cm³/mol.